The van der Waals surface area contributed by atoms with Crippen molar-refractivity contribution in [3.8, 4) is 0 Å². The first kappa shape index (κ1) is 21.2. The van der Waals surface area contributed by atoms with Gasteiger partial charge in [-0.1, -0.05) is 12.1 Å². The lowest BCUT2D eigenvalue weighted by Crippen LogP contribution is -2.32. The smallest absolute Gasteiger partial charge is 0.326 e. The van der Waals surface area contributed by atoms with Gasteiger partial charge in [0, 0.05) is 24.5 Å². The molecular weight excluding hydrogens is 411 g/mol. The predicted octanol–water partition coefficient (Wildman–Crippen LogP) is 2.83. The fourth-order valence-electron chi connectivity index (χ4n) is 2.74. The van der Waals surface area contributed by atoms with E-state index in [-0.39, 0.29) is 23.7 Å². The zero-order chi connectivity index (χ0) is 21.9. The predicted molar refractivity (Wildman–Crippen MR) is 111 cm³/mol. The van der Waals surface area contributed by atoms with Crippen LogP contribution in [-0.2, 0) is 26.3 Å². The summed E-state index contributed by atoms with van der Waals surface area (Å²) in [7, 11) is -4.01. The van der Waals surface area contributed by atoms with Gasteiger partial charge in [-0.05, 0) is 48.9 Å². The van der Waals surface area contributed by atoms with Gasteiger partial charge in [-0.15, -0.1) is 4.40 Å². The molecule has 2 aromatic rings. The van der Waals surface area contributed by atoms with Crippen LogP contribution in [0.1, 0.15) is 19.4 Å². The Labute approximate surface area is 173 Å². The summed E-state index contributed by atoms with van der Waals surface area (Å²) in [6.45, 7) is 2.72. The molecule has 30 heavy (non-hydrogen) atoms. The van der Waals surface area contributed by atoms with Crippen LogP contribution >= 0.6 is 0 Å². The van der Waals surface area contributed by atoms with E-state index in [9.17, 15) is 22.4 Å². The number of benzene rings is 2. The molecular formula is C20H19FN4O4S. The number of nitrogens with one attached hydrogen (secondary N) is 2. The van der Waals surface area contributed by atoms with Gasteiger partial charge in [0.15, 0.2) is 0 Å². The van der Waals surface area contributed by atoms with E-state index >= 15 is 0 Å². The summed E-state index contributed by atoms with van der Waals surface area (Å²) in [5.74, 6) is -1.19. The number of anilines is 2. The SMILES string of the molecule is CC(=O)Nc1ccc(NC(=O)C2=CN(Cc3ccc(F)cc3)S(=O)(=O)N=C2C)cc1. The van der Waals surface area contributed by atoms with Crippen LogP contribution in [-0.4, -0.2) is 30.2 Å². The van der Waals surface area contributed by atoms with E-state index < -0.39 is 21.9 Å². The maximum Gasteiger partial charge on any atom is 0.344 e. The molecule has 2 N–H and O–H groups in total. The molecule has 0 saturated carbocycles. The van der Waals surface area contributed by atoms with E-state index in [1.54, 1.807) is 24.3 Å². The van der Waals surface area contributed by atoms with Crippen molar-refractivity contribution in [2.24, 2.45) is 4.40 Å². The Morgan fingerprint density at radius 3 is 2.13 bits per heavy atom. The van der Waals surface area contributed by atoms with Gasteiger partial charge in [0.1, 0.15) is 5.82 Å². The van der Waals surface area contributed by atoms with Crippen molar-refractivity contribution < 1.29 is 22.4 Å². The Kier molecular flexibility index (Phi) is 5.97. The van der Waals surface area contributed by atoms with Crippen molar-refractivity contribution in [1.29, 1.82) is 0 Å². The minimum atomic E-state index is -4.01. The highest BCUT2D eigenvalue weighted by Crippen LogP contribution is 2.21. The first-order valence-corrected chi connectivity index (χ1v) is 10.3. The second-order valence-corrected chi connectivity index (χ2v) is 8.13. The molecule has 8 nitrogen and oxygen atoms in total. The molecule has 3 rings (SSSR count). The fraction of sp³-hybridized carbons (Fsp3) is 0.150. The van der Waals surface area contributed by atoms with Crippen molar-refractivity contribution in [1.82, 2.24) is 4.31 Å². The number of rotatable bonds is 5. The Morgan fingerprint density at radius 1 is 1.00 bits per heavy atom. The molecule has 10 heteroatoms. The van der Waals surface area contributed by atoms with E-state index in [0.29, 0.717) is 16.9 Å². The minimum absolute atomic E-state index is 0.0534. The van der Waals surface area contributed by atoms with Gasteiger partial charge in [0.2, 0.25) is 5.91 Å². The van der Waals surface area contributed by atoms with Crippen molar-refractivity contribution in [3.05, 3.63) is 71.7 Å². The third kappa shape index (κ3) is 5.09. The molecule has 0 spiro atoms. The Morgan fingerprint density at radius 2 is 1.57 bits per heavy atom. The molecule has 0 bridgehead atoms. The molecule has 0 saturated heterocycles. The van der Waals surface area contributed by atoms with Crippen molar-refractivity contribution in [3.63, 3.8) is 0 Å². The lowest BCUT2D eigenvalue weighted by molar-refractivity contribution is -0.114. The highest BCUT2D eigenvalue weighted by molar-refractivity contribution is 7.88. The summed E-state index contributed by atoms with van der Waals surface area (Å²) in [6, 6.07) is 11.8. The Balaban J connectivity index is 1.79. The quantitative estimate of drug-likeness (QED) is 0.760. The van der Waals surface area contributed by atoms with Crippen molar-refractivity contribution >= 4 is 39.1 Å². The van der Waals surface area contributed by atoms with Gasteiger partial charge < -0.3 is 10.6 Å². The summed E-state index contributed by atoms with van der Waals surface area (Å²) >= 11 is 0. The topological polar surface area (TPSA) is 108 Å². The number of amides is 2. The maximum atomic E-state index is 13.1. The van der Waals surface area contributed by atoms with Crippen molar-refractivity contribution in [2.75, 3.05) is 10.6 Å². The monoisotopic (exact) mass is 430 g/mol. The summed E-state index contributed by atoms with van der Waals surface area (Å²) in [5, 5.41) is 5.29. The highest BCUT2D eigenvalue weighted by Gasteiger charge is 2.28. The lowest BCUT2D eigenvalue weighted by atomic mass is 10.1. The molecule has 0 radical (unpaired) electrons. The van der Waals surface area contributed by atoms with Crippen LogP contribution < -0.4 is 10.6 Å². The molecule has 0 atom stereocenters. The Hall–Kier alpha value is -3.53. The Bertz CT molecular complexity index is 1140. The van der Waals surface area contributed by atoms with Gasteiger partial charge >= 0.3 is 10.2 Å². The van der Waals surface area contributed by atoms with Gasteiger partial charge in [-0.3, -0.25) is 13.9 Å². The molecule has 0 fully saturated rings. The van der Waals surface area contributed by atoms with Crippen LogP contribution in [0.4, 0.5) is 15.8 Å². The second kappa shape index (κ2) is 8.46. The number of hydrogen-bond acceptors (Lipinski definition) is 4. The minimum Gasteiger partial charge on any atom is -0.326 e. The number of carbonyl (C=O) groups is 2. The number of carbonyl (C=O) groups excluding carboxylic acids is 2. The molecule has 2 amide bonds. The number of hydrogen-bond donors (Lipinski definition) is 2. The molecule has 0 aliphatic carbocycles. The molecule has 0 unspecified atom stereocenters. The first-order valence-electron chi connectivity index (χ1n) is 8.88. The van der Waals surface area contributed by atoms with Crippen molar-refractivity contribution in [2.45, 2.75) is 20.4 Å². The third-order valence-corrected chi connectivity index (χ3v) is 5.50. The summed E-state index contributed by atoms with van der Waals surface area (Å²) < 4.78 is 42.4. The van der Waals surface area contributed by atoms with Gasteiger partial charge in [0.05, 0.1) is 17.8 Å². The normalized spacial score (nSPS) is 15.1. The molecule has 1 heterocycles. The number of nitrogens with zero attached hydrogens (tertiary/aromatic N) is 2. The van der Waals surface area contributed by atoms with E-state index in [1.165, 1.54) is 44.3 Å². The highest BCUT2D eigenvalue weighted by atomic mass is 32.2. The van der Waals surface area contributed by atoms with Gasteiger partial charge in [-0.25, -0.2) is 4.39 Å². The average Bonchev–Trinajstić information content (AvgIpc) is 2.66. The van der Waals surface area contributed by atoms with Crippen LogP contribution in [0.5, 0.6) is 0 Å². The summed E-state index contributed by atoms with van der Waals surface area (Å²) in [4.78, 5) is 23.8. The summed E-state index contributed by atoms with van der Waals surface area (Å²) in [6.07, 6.45) is 1.21. The third-order valence-electron chi connectivity index (χ3n) is 4.17. The van der Waals surface area contributed by atoms with Crippen LogP contribution in [0, 0.1) is 5.82 Å². The largest absolute Gasteiger partial charge is 0.344 e. The van der Waals surface area contributed by atoms with Crippen LogP contribution in [0.15, 0.2) is 64.7 Å². The average molecular weight is 430 g/mol. The number of halogens is 1. The molecule has 2 aromatic carbocycles. The maximum absolute atomic E-state index is 13.1. The van der Waals surface area contributed by atoms with Crippen LogP contribution in [0.2, 0.25) is 0 Å². The molecule has 0 aromatic heterocycles. The fourth-order valence-corrected chi connectivity index (χ4v) is 3.84. The van der Waals surface area contributed by atoms with Crippen LogP contribution in [0.3, 0.4) is 0 Å². The second-order valence-electron chi connectivity index (χ2n) is 6.58. The van der Waals surface area contributed by atoms with E-state index in [2.05, 4.69) is 15.0 Å². The standard InChI is InChI=1S/C20H19FN4O4S/c1-13-19(20(27)23-18-9-7-17(8-10-18)22-14(2)26)12-25(30(28,29)24-13)11-15-3-5-16(21)6-4-15/h3-10,12H,11H2,1-2H3,(H,22,26)(H,23,27). The summed E-state index contributed by atoms with van der Waals surface area (Å²) in [5.41, 5.74) is 1.71. The molecule has 1 aliphatic heterocycles. The van der Waals surface area contributed by atoms with Gasteiger partial charge in [-0.2, -0.15) is 8.42 Å². The zero-order valence-electron chi connectivity index (χ0n) is 16.2. The lowest BCUT2D eigenvalue weighted by Gasteiger charge is -2.23. The van der Waals surface area contributed by atoms with Gasteiger partial charge in [0.25, 0.3) is 5.91 Å². The van der Waals surface area contributed by atoms with E-state index in [1.807, 2.05) is 0 Å². The first-order chi connectivity index (χ1) is 14.1. The van der Waals surface area contributed by atoms with E-state index in [4.69, 9.17) is 0 Å². The molecule has 1 aliphatic rings. The van der Waals surface area contributed by atoms with Crippen LogP contribution in [0.25, 0.3) is 0 Å². The van der Waals surface area contributed by atoms with E-state index in [0.717, 1.165) is 4.31 Å². The zero-order valence-corrected chi connectivity index (χ0v) is 17.0. The molecule has 156 valence electrons.